The average molecular weight is 502 g/mol. The van der Waals surface area contributed by atoms with Gasteiger partial charge in [-0.1, -0.05) is 18.2 Å². The molecule has 2 amide bonds. The van der Waals surface area contributed by atoms with E-state index in [0.29, 0.717) is 12.0 Å². The summed E-state index contributed by atoms with van der Waals surface area (Å²) in [6, 6.07) is 12.9. The van der Waals surface area contributed by atoms with Gasteiger partial charge in [0.2, 0.25) is 5.91 Å². The Morgan fingerprint density at radius 1 is 1.05 bits per heavy atom. The van der Waals surface area contributed by atoms with Crippen LogP contribution in [0.5, 0.6) is 0 Å². The number of hydrazine groups is 1. The number of carbonyl (C=O) groups is 2. The van der Waals surface area contributed by atoms with Crippen molar-refractivity contribution in [2.75, 3.05) is 26.2 Å². The number of likely N-dealkylation sites (tertiary alicyclic amines) is 2. The maximum atomic E-state index is 13.3. The normalized spacial score (nSPS) is 26.2. The smallest absolute Gasteiger partial charge is 0.317 e. The van der Waals surface area contributed by atoms with Crippen LogP contribution in [-0.4, -0.2) is 69.6 Å². The van der Waals surface area contributed by atoms with Crippen molar-refractivity contribution >= 4 is 22.8 Å². The number of fused-ring (bicyclic) bond motifs is 2. The topological polar surface area (TPSA) is 94.5 Å². The van der Waals surface area contributed by atoms with E-state index in [-0.39, 0.29) is 24.0 Å². The maximum Gasteiger partial charge on any atom is 0.317 e. The van der Waals surface area contributed by atoms with Crippen molar-refractivity contribution in [1.82, 2.24) is 35.5 Å². The van der Waals surface area contributed by atoms with Crippen LogP contribution in [0.25, 0.3) is 10.9 Å². The third-order valence-corrected chi connectivity index (χ3v) is 8.22. The molecule has 0 spiro atoms. The van der Waals surface area contributed by atoms with Crippen LogP contribution in [-0.2, 0) is 6.54 Å². The molecule has 3 unspecified atom stereocenters. The molecule has 2 aromatic heterocycles. The molecule has 0 aliphatic carbocycles. The summed E-state index contributed by atoms with van der Waals surface area (Å²) in [6.45, 7) is 5.66. The molecule has 3 fully saturated rings. The SMILES string of the molecule is CC(=O)n1cc(CN2CCC[C@@H](NC(=O)N3CCC4NNC(c5ccncc5)C4C3)C2)c2ccccc21. The molecule has 0 bridgehead atoms. The standard InChI is InChI=1S/C28H35N7O2/c1-19(36)35-16-21(23-6-2-3-7-26(23)35)15-33-13-4-5-22(17-33)30-28(37)34-14-10-25-24(18-34)27(32-31-25)20-8-11-29-12-9-20/h2-3,6-9,11-12,16,22,24-25,27,31-32H,4-5,10,13-15,17-18H2,1H3,(H,30,37)/t22-,24?,25?,27?/m1/s1. The highest BCUT2D eigenvalue weighted by Gasteiger charge is 2.41. The van der Waals surface area contributed by atoms with Gasteiger partial charge in [-0.25, -0.2) is 10.2 Å². The third kappa shape index (κ3) is 4.86. The van der Waals surface area contributed by atoms with E-state index in [1.54, 1.807) is 11.5 Å². The average Bonchev–Trinajstić information content (AvgIpc) is 3.51. The number of carbonyl (C=O) groups excluding carboxylic acids is 2. The van der Waals surface area contributed by atoms with Crippen molar-refractivity contribution in [3.63, 3.8) is 0 Å². The number of aromatic nitrogens is 2. The van der Waals surface area contributed by atoms with Gasteiger partial charge in [-0.3, -0.25) is 24.7 Å². The van der Waals surface area contributed by atoms with Crippen molar-refractivity contribution < 1.29 is 9.59 Å². The Morgan fingerprint density at radius 3 is 2.73 bits per heavy atom. The van der Waals surface area contributed by atoms with E-state index < -0.39 is 0 Å². The molecule has 37 heavy (non-hydrogen) atoms. The highest BCUT2D eigenvalue weighted by molar-refractivity contribution is 5.93. The fourth-order valence-electron chi connectivity index (χ4n) is 6.35. The van der Waals surface area contributed by atoms with Crippen molar-refractivity contribution in [3.8, 4) is 0 Å². The van der Waals surface area contributed by atoms with Crippen LogP contribution in [0.3, 0.4) is 0 Å². The highest BCUT2D eigenvalue weighted by atomic mass is 16.2. The summed E-state index contributed by atoms with van der Waals surface area (Å²) in [4.78, 5) is 34.0. The molecule has 4 atom stereocenters. The molecule has 3 aliphatic heterocycles. The van der Waals surface area contributed by atoms with Gasteiger partial charge < -0.3 is 10.2 Å². The summed E-state index contributed by atoms with van der Waals surface area (Å²) in [5.74, 6) is 0.345. The lowest BCUT2D eigenvalue weighted by molar-refractivity contribution is 0.0941. The lowest BCUT2D eigenvalue weighted by Gasteiger charge is -2.38. The van der Waals surface area contributed by atoms with Crippen LogP contribution in [0.15, 0.2) is 55.0 Å². The Balaban J connectivity index is 1.08. The number of nitrogens with one attached hydrogen (secondary N) is 3. The van der Waals surface area contributed by atoms with Gasteiger partial charge in [0, 0.05) is 75.1 Å². The Bertz CT molecular complexity index is 1280. The van der Waals surface area contributed by atoms with E-state index in [1.807, 2.05) is 53.8 Å². The van der Waals surface area contributed by atoms with Crippen LogP contribution >= 0.6 is 0 Å². The van der Waals surface area contributed by atoms with Crippen LogP contribution < -0.4 is 16.2 Å². The van der Waals surface area contributed by atoms with Gasteiger partial charge in [-0.2, -0.15) is 0 Å². The minimum absolute atomic E-state index is 0.0221. The number of nitrogens with zero attached hydrogens (tertiary/aromatic N) is 4. The molecule has 3 saturated heterocycles. The zero-order valence-electron chi connectivity index (χ0n) is 21.3. The van der Waals surface area contributed by atoms with Crippen molar-refractivity contribution in [1.29, 1.82) is 0 Å². The molecule has 5 heterocycles. The molecule has 9 heteroatoms. The number of pyridine rings is 1. The van der Waals surface area contributed by atoms with Crippen molar-refractivity contribution in [3.05, 3.63) is 66.1 Å². The first-order valence-electron chi connectivity index (χ1n) is 13.4. The number of hydrogen-bond acceptors (Lipinski definition) is 6. The predicted molar refractivity (Wildman–Crippen MR) is 142 cm³/mol. The molecule has 194 valence electrons. The molecule has 0 saturated carbocycles. The van der Waals surface area contributed by atoms with Crippen LogP contribution in [0.2, 0.25) is 0 Å². The number of rotatable bonds is 4. The molecular weight excluding hydrogens is 466 g/mol. The van der Waals surface area contributed by atoms with Gasteiger partial charge in [0.15, 0.2) is 0 Å². The number of benzene rings is 1. The van der Waals surface area contributed by atoms with Crippen molar-refractivity contribution in [2.24, 2.45) is 5.92 Å². The molecule has 3 aliphatic rings. The maximum absolute atomic E-state index is 13.3. The van der Waals surface area contributed by atoms with Crippen LogP contribution in [0, 0.1) is 5.92 Å². The monoisotopic (exact) mass is 501 g/mol. The Labute approximate surface area is 217 Å². The van der Waals surface area contributed by atoms with E-state index in [0.717, 1.165) is 68.5 Å². The van der Waals surface area contributed by atoms with Gasteiger partial charge >= 0.3 is 6.03 Å². The van der Waals surface area contributed by atoms with Gasteiger partial charge in [-0.05, 0) is 55.1 Å². The second-order valence-corrected chi connectivity index (χ2v) is 10.6. The number of piperidine rings is 2. The van der Waals surface area contributed by atoms with Crippen LogP contribution in [0.4, 0.5) is 4.79 Å². The number of urea groups is 1. The first-order chi connectivity index (χ1) is 18.1. The largest absolute Gasteiger partial charge is 0.334 e. The molecule has 3 N–H and O–H groups in total. The second kappa shape index (κ2) is 10.2. The fourth-order valence-corrected chi connectivity index (χ4v) is 6.35. The predicted octanol–water partition coefficient (Wildman–Crippen LogP) is 2.91. The van der Waals surface area contributed by atoms with Gasteiger partial charge in [0.05, 0.1) is 11.6 Å². The Hall–Kier alpha value is -3.27. The summed E-state index contributed by atoms with van der Waals surface area (Å²) in [7, 11) is 0. The molecule has 0 radical (unpaired) electrons. The first-order valence-corrected chi connectivity index (χ1v) is 13.4. The zero-order valence-corrected chi connectivity index (χ0v) is 21.3. The molecule has 6 rings (SSSR count). The minimum atomic E-state index is 0.0221. The number of para-hydroxylation sites is 1. The summed E-state index contributed by atoms with van der Waals surface area (Å²) in [5.41, 5.74) is 10.2. The second-order valence-electron chi connectivity index (χ2n) is 10.6. The van der Waals surface area contributed by atoms with E-state index in [1.165, 1.54) is 5.56 Å². The minimum Gasteiger partial charge on any atom is -0.334 e. The number of amides is 2. The van der Waals surface area contributed by atoms with Crippen LogP contribution in [0.1, 0.15) is 48.1 Å². The summed E-state index contributed by atoms with van der Waals surface area (Å²) < 4.78 is 1.74. The fraction of sp³-hybridized carbons (Fsp3) is 0.464. The summed E-state index contributed by atoms with van der Waals surface area (Å²) >= 11 is 0. The molecule has 1 aromatic carbocycles. The number of hydrogen-bond donors (Lipinski definition) is 3. The van der Waals surface area contributed by atoms with Crippen molar-refractivity contribution in [2.45, 2.75) is 50.9 Å². The zero-order chi connectivity index (χ0) is 25.4. The molecular formula is C28H35N7O2. The van der Waals surface area contributed by atoms with E-state index in [9.17, 15) is 9.59 Å². The van der Waals surface area contributed by atoms with E-state index >= 15 is 0 Å². The van der Waals surface area contributed by atoms with E-state index in [2.05, 4.69) is 32.1 Å². The lowest BCUT2D eigenvalue weighted by atomic mass is 9.85. The highest BCUT2D eigenvalue weighted by Crippen LogP contribution is 2.33. The van der Waals surface area contributed by atoms with Gasteiger partial charge in [0.1, 0.15) is 0 Å². The first kappa shape index (κ1) is 24.1. The summed E-state index contributed by atoms with van der Waals surface area (Å²) in [5, 5.41) is 4.45. The Kier molecular flexibility index (Phi) is 6.67. The van der Waals surface area contributed by atoms with Gasteiger partial charge in [0.25, 0.3) is 0 Å². The lowest BCUT2D eigenvalue weighted by Crippen LogP contribution is -2.55. The molecule has 9 nitrogen and oxygen atoms in total. The Morgan fingerprint density at radius 2 is 1.89 bits per heavy atom. The van der Waals surface area contributed by atoms with Gasteiger partial charge in [-0.15, -0.1) is 0 Å². The quantitative estimate of drug-likeness (QED) is 0.509. The molecule has 3 aromatic rings. The van der Waals surface area contributed by atoms with E-state index in [4.69, 9.17) is 0 Å². The third-order valence-electron chi connectivity index (χ3n) is 8.22. The summed E-state index contributed by atoms with van der Waals surface area (Å²) in [6.07, 6.45) is 8.58.